The Labute approximate surface area is 260 Å². The molecule has 1 fully saturated rings. The number of aryl methyl sites for hydroxylation is 1. The molecule has 1 aliphatic carbocycles. The molecule has 0 spiro atoms. The first kappa shape index (κ1) is 32.2. The van der Waals surface area contributed by atoms with Crippen LogP contribution in [0, 0.1) is 0 Å². The lowest BCUT2D eigenvalue weighted by atomic mass is 9.92. The Kier molecular flexibility index (Phi) is 9.88. The number of hydrogen-bond acceptors (Lipinski definition) is 7. The quantitative estimate of drug-likeness (QED) is 0.157. The van der Waals surface area contributed by atoms with Crippen LogP contribution in [-0.2, 0) is 19.8 Å². The number of nitrogens with one attached hydrogen (secondary N) is 3. The lowest BCUT2D eigenvalue weighted by molar-refractivity contribution is -0.138. The number of nitrogens with zero attached hydrogens (tertiary/aromatic N) is 5. The van der Waals surface area contributed by atoms with Crippen molar-refractivity contribution in [2.45, 2.75) is 70.3 Å². The number of halogens is 3. The molecule has 0 bridgehead atoms. The Hall–Kier alpha value is -4.23. The normalized spacial score (nSPS) is 17.1. The molecule has 2 amide bonds. The molecule has 0 unspecified atom stereocenters. The molecule has 45 heavy (non-hydrogen) atoms. The maximum atomic E-state index is 13.9. The van der Waals surface area contributed by atoms with Crippen LogP contribution in [0.1, 0.15) is 56.6 Å². The number of anilines is 3. The van der Waals surface area contributed by atoms with Crippen LogP contribution < -0.4 is 21.7 Å². The predicted molar refractivity (Wildman–Crippen MR) is 171 cm³/mol. The van der Waals surface area contributed by atoms with Gasteiger partial charge in [-0.25, -0.2) is 14.8 Å². The van der Waals surface area contributed by atoms with Gasteiger partial charge in [-0.1, -0.05) is 25.5 Å². The van der Waals surface area contributed by atoms with E-state index in [2.05, 4.69) is 31.0 Å². The molecule has 10 nitrogen and oxygen atoms in total. The summed E-state index contributed by atoms with van der Waals surface area (Å²) in [5.41, 5.74) is 7.79. The molecule has 13 heteroatoms. The first-order chi connectivity index (χ1) is 21.5. The number of rotatable bonds is 10. The van der Waals surface area contributed by atoms with Crippen molar-refractivity contribution >= 4 is 34.4 Å². The average Bonchev–Trinajstić information content (AvgIpc) is 3.36. The van der Waals surface area contributed by atoms with Gasteiger partial charge in [-0.05, 0) is 75.5 Å². The number of nitrogens with two attached hydrogens (primary N) is 1. The Balaban J connectivity index is 1.25. The van der Waals surface area contributed by atoms with Gasteiger partial charge in [-0.2, -0.15) is 18.3 Å². The molecule has 0 radical (unpaired) electrons. The summed E-state index contributed by atoms with van der Waals surface area (Å²) >= 11 is 0. The van der Waals surface area contributed by atoms with E-state index in [0.29, 0.717) is 18.5 Å². The molecule has 240 valence electrons. The maximum Gasteiger partial charge on any atom is 0.416 e. The average molecular weight is 624 g/mol. The lowest BCUT2D eigenvalue weighted by Gasteiger charge is -2.26. The number of urea groups is 1. The first-order valence-corrected chi connectivity index (χ1v) is 15.3. The van der Waals surface area contributed by atoms with Crippen molar-refractivity contribution in [3.05, 3.63) is 59.8 Å². The highest BCUT2D eigenvalue weighted by Gasteiger charge is 2.34. The summed E-state index contributed by atoms with van der Waals surface area (Å²) < 4.78 is 43.2. The van der Waals surface area contributed by atoms with E-state index < -0.39 is 17.8 Å². The van der Waals surface area contributed by atoms with Crippen molar-refractivity contribution < 1.29 is 18.0 Å². The number of unbranched alkanes of at least 4 members (excludes halogenated alkanes) is 1. The van der Waals surface area contributed by atoms with Crippen LogP contribution in [0.5, 0.6) is 0 Å². The van der Waals surface area contributed by atoms with Crippen LogP contribution in [0.2, 0.25) is 0 Å². The fourth-order valence-electron chi connectivity index (χ4n) is 5.64. The number of benzene rings is 2. The van der Waals surface area contributed by atoms with Gasteiger partial charge < -0.3 is 21.3 Å². The van der Waals surface area contributed by atoms with Gasteiger partial charge in [-0.15, -0.1) is 0 Å². The van der Waals surface area contributed by atoms with Gasteiger partial charge in [0.05, 0.1) is 16.8 Å². The topological polar surface area (TPSA) is 126 Å². The highest BCUT2D eigenvalue weighted by molar-refractivity contribution is 5.99. The second-order valence-corrected chi connectivity index (χ2v) is 11.8. The van der Waals surface area contributed by atoms with E-state index in [9.17, 15) is 18.0 Å². The van der Waals surface area contributed by atoms with E-state index in [1.54, 1.807) is 31.0 Å². The summed E-state index contributed by atoms with van der Waals surface area (Å²) in [7, 11) is 3.54. The largest absolute Gasteiger partial charge is 0.416 e. The zero-order chi connectivity index (χ0) is 32.1. The zero-order valence-corrected chi connectivity index (χ0v) is 25.8. The van der Waals surface area contributed by atoms with Crippen molar-refractivity contribution in [3.8, 4) is 11.3 Å². The minimum Gasteiger partial charge on any atom is -0.351 e. The Morgan fingerprint density at radius 3 is 2.60 bits per heavy atom. The van der Waals surface area contributed by atoms with Crippen LogP contribution in [0.25, 0.3) is 22.2 Å². The van der Waals surface area contributed by atoms with Crippen molar-refractivity contribution in [1.29, 1.82) is 0 Å². The van der Waals surface area contributed by atoms with Crippen molar-refractivity contribution in [1.82, 2.24) is 24.6 Å². The van der Waals surface area contributed by atoms with Crippen LogP contribution >= 0.6 is 0 Å². The van der Waals surface area contributed by atoms with Gasteiger partial charge in [0.15, 0.2) is 5.82 Å². The van der Waals surface area contributed by atoms with Crippen LogP contribution in [0.4, 0.5) is 35.4 Å². The molecule has 4 aromatic rings. The molecule has 0 aliphatic heterocycles. The van der Waals surface area contributed by atoms with E-state index in [0.717, 1.165) is 66.8 Å². The van der Waals surface area contributed by atoms with E-state index in [1.165, 1.54) is 12.1 Å². The second-order valence-electron chi connectivity index (χ2n) is 11.8. The van der Waals surface area contributed by atoms with Crippen molar-refractivity contribution in [2.24, 2.45) is 12.8 Å². The fourth-order valence-corrected chi connectivity index (χ4v) is 5.64. The monoisotopic (exact) mass is 623 g/mol. The highest BCUT2D eigenvalue weighted by atomic mass is 19.4. The third-order valence-corrected chi connectivity index (χ3v) is 8.11. The van der Waals surface area contributed by atoms with Gasteiger partial charge in [0.2, 0.25) is 5.95 Å². The van der Waals surface area contributed by atoms with E-state index >= 15 is 0 Å². The molecule has 2 aromatic carbocycles. The number of aromatic nitrogens is 4. The second kappa shape index (κ2) is 13.8. The molecular weight excluding hydrogens is 583 g/mol. The lowest BCUT2D eigenvalue weighted by Crippen LogP contribution is -2.33. The molecule has 2 heterocycles. The van der Waals surface area contributed by atoms with Crippen molar-refractivity contribution in [2.75, 3.05) is 29.5 Å². The highest BCUT2D eigenvalue weighted by Crippen LogP contribution is 2.34. The third-order valence-electron chi connectivity index (χ3n) is 8.11. The van der Waals surface area contributed by atoms with Gasteiger partial charge in [-0.3, -0.25) is 10.00 Å². The van der Waals surface area contributed by atoms with E-state index in [4.69, 9.17) is 5.73 Å². The summed E-state index contributed by atoms with van der Waals surface area (Å²) in [5.74, 6) is 0.836. The predicted octanol–water partition coefficient (Wildman–Crippen LogP) is 6.61. The molecule has 1 aliphatic rings. The molecule has 0 saturated heterocycles. The summed E-state index contributed by atoms with van der Waals surface area (Å²) in [6, 6.07) is 11.2. The summed E-state index contributed by atoms with van der Waals surface area (Å²) in [6.45, 7) is 2.89. The van der Waals surface area contributed by atoms with E-state index in [1.807, 2.05) is 30.0 Å². The van der Waals surface area contributed by atoms with Crippen molar-refractivity contribution in [3.63, 3.8) is 0 Å². The number of carbonyl (C=O) groups is 1. The van der Waals surface area contributed by atoms with Gasteiger partial charge >= 0.3 is 12.2 Å². The smallest absolute Gasteiger partial charge is 0.351 e. The molecule has 2 aromatic heterocycles. The first-order valence-electron chi connectivity index (χ1n) is 15.3. The molecule has 0 atom stereocenters. The summed E-state index contributed by atoms with van der Waals surface area (Å²) in [6.07, 6.45) is 3.04. The standard InChI is InChI=1S/C32H40F3N9O/c1-4-5-14-43(2)19-21-6-10-25(16-26(21)32(33,34)35)39-31(45)41-29-17-28(44(3)42-29)20-7-13-27-22(15-20)18-37-30(40-27)38-24-11-8-23(36)9-12-24/h6-7,10,13,15-18,23-24H,4-5,8-9,11-12,14,19,36H2,1-3H3,(H,37,38,40)(H2,39,41,42,45). The molecule has 1 saturated carbocycles. The Morgan fingerprint density at radius 1 is 1.09 bits per heavy atom. The fraction of sp³-hybridized carbons (Fsp3) is 0.438. The summed E-state index contributed by atoms with van der Waals surface area (Å²) in [4.78, 5) is 23.8. The van der Waals surface area contributed by atoms with Crippen LogP contribution in [0.15, 0.2) is 48.7 Å². The Bertz CT molecular complexity index is 1630. The third kappa shape index (κ3) is 8.28. The van der Waals surface area contributed by atoms with Gasteiger partial charge in [0.25, 0.3) is 0 Å². The molecule has 5 rings (SSSR count). The van der Waals surface area contributed by atoms with Gasteiger partial charge in [0, 0.05) is 54.6 Å². The summed E-state index contributed by atoms with van der Waals surface area (Å²) in [5, 5.41) is 13.8. The van der Waals surface area contributed by atoms with Gasteiger partial charge in [0.1, 0.15) is 0 Å². The zero-order valence-electron chi connectivity index (χ0n) is 25.8. The number of carbonyl (C=O) groups excluding carboxylic acids is 1. The number of fused-ring (bicyclic) bond motifs is 1. The maximum absolute atomic E-state index is 13.9. The minimum atomic E-state index is -4.56. The molecule has 5 N–H and O–H groups in total. The number of amides is 2. The van der Waals surface area contributed by atoms with Crippen LogP contribution in [-0.4, -0.2) is 56.4 Å². The Morgan fingerprint density at radius 2 is 1.87 bits per heavy atom. The SMILES string of the molecule is CCCCN(C)Cc1ccc(NC(=O)Nc2cc(-c3ccc4nc(NC5CCC(N)CC5)ncc4c3)n(C)n2)cc1C(F)(F)F. The van der Waals surface area contributed by atoms with Crippen LogP contribution in [0.3, 0.4) is 0 Å². The molecular formula is C32H40F3N9O. The number of hydrogen-bond donors (Lipinski definition) is 4. The number of alkyl halides is 3. The minimum absolute atomic E-state index is 0.0337. The van der Waals surface area contributed by atoms with E-state index in [-0.39, 0.29) is 29.7 Å².